The Morgan fingerprint density at radius 3 is 2.75 bits per heavy atom. The summed E-state index contributed by atoms with van der Waals surface area (Å²) < 4.78 is 24.7. The van der Waals surface area contributed by atoms with Crippen LogP contribution in [0.2, 0.25) is 0 Å². The molecule has 0 aliphatic heterocycles. The van der Waals surface area contributed by atoms with Crippen LogP contribution in [0.5, 0.6) is 11.5 Å². The Balaban J connectivity index is 1.78. The molecule has 1 unspecified atom stereocenters. The quantitative estimate of drug-likeness (QED) is 0.727. The monoisotopic (exact) mass is 330 g/mol. The van der Waals surface area contributed by atoms with Gasteiger partial charge in [-0.25, -0.2) is 14.4 Å². The number of benzene rings is 1. The molecule has 24 heavy (non-hydrogen) atoms. The number of nitrogens with one attached hydrogen (secondary N) is 2. The van der Waals surface area contributed by atoms with E-state index in [4.69, 9.17) is 9.47 Å². The zero-order chi connectivity index (χ0) is 17.1. The molecule has 0 bridgehead atoms. The minimum atomic E-state index is -0.338. The van der Waals surface area contributed by atoms with Gasteiger partial charge in [-0.1, -0.05) is 0 Å². The predicted octanol–water partition coefficient (Wildman–Crippen LogP) is 2.97. The first-order chi connectivity index (χ1) is 11.6. The maximum absolute atomic E-state index is 14.3. The summed E-state index contributed by atoms with van der Waals surface area (Å²) >= 11 is 0. The van der Waals surface area contributed by atoms with Crippen molar-refractivity contribution < 1.29 is 13.9 Å². The number of hydrogen-bond donors (Lipinski definition) is 2. The van der Waals surface area contributed by atoms with Crippen LogP contribution < -0.4 is 14.8 Å². The molecule has 2 N–H and O–H groups in total. The van der Waals surface area contributed by atoms with Gasteiger partial charge in [0.05, 0.1) is 14.2 Å². The Morgan fingerprint density at radius 2 is 2.00 bits per heavy atom. The molecule has 0 aliphatic rings. The number of H-pyrrole nitrogens is 1. The SMILES string of the molecule is COc1cc(F)c(C(C)NCc2c[nH]c3ncncc23)cc1OC. The largest absolute Gasteiger partial charge is 0.493 e. The summed E-state index contributed by atoms with van der Waals surface area (Å²) in [6, 6.07) is 2.79. The van der Waals surface area contributed by atoms with Gasteiger partial charge in [0.25, 0.3) is 0 Å². The Labute approximate surface area is 139 Å². The number of fused-ring (bicyclic) bond motifs is 1. The van der Waals surface area contributed by atoms with Crippen LogP contribution in [0.1, 0.15) is 24.1 Å². The number of halogens is 1. The van der Waals surface area contributed by atoms with E-state index in [0.717, 1.165) is 16.6 Å². The second kappa shape index (κ2) is 6.84. The van der Waals surface area contributed by atoms with E-state index in [9.17, 15) is 4.39 Å². The van der Waals surface area contributed by atoms with Gasteiger partial charge in [0, 0.05) is 42.0 Å². The van der Waals surface area contributed by atoms with E-state index < -0.39 is 0 Å². The van der Waals surface area contributed by atoms with Gasteiger partial charge in [-0.3, -0.25) is 0 Å². The molecule has 0 amide bonds. The molecular formula is C17H19FN4O2. The van der Waals surface area contributed by atoms with E-state index in [1.54, 1.807) is 12.3 Å². The van der Waals surface area contributed by atoms with Crippen LogP contribution >= 0.6 is 0 Å². The van der Waals surface area contributed by atoms with E-state index in [2.05, 4.69) is 20.3 Å². The van der Waals surface area contributed by atoms with Gasteiger partial charge in [-0.2, -0.15) is 0 Å². The van der Waals surface area contributed by atoms with Crippen molar-refractivity contribution in [1.29, 1.82) is 0 Å². The highest BCUT2D eigenvalue weighted by Gasteiger charge is 2.16. The third-order valence-corrected chi connectivity index (χ3v) is 4.01. The van der Waals surface area contributed by atoms with Gasteiger partial charge in [0.1, 0.15) is 17.8 Å². The molecule has 0 saturated carbocycles. The predicted molar refractivity (Wildman–Crippen MR) is 88.6 cm³/mol. The van der Waals surface area contributed by atoms with E-state index in [1.807, 2.05) is 13.1 Å². The first kappa shape index (κ1) is 16.2. The highest BCUT2D eigenvalue weighted by molar-refractivity contribution is 5.78. The van der Waals surface area contributed by atoms with Crippen LogP contribution in [0, 0.1) is 5.82 Å². The molecule has 0 spiro atoms. The molecule has 0 radical (unpaired) electrons. The van der Waals surface area contributed by atoms with E-state index in [-0.39, 0.29) is 11.9 Å². The second-order valence-electron chi connectivity index (χ2n) is 5.43. The number of aromatic nitrogens is 3. The first-order valence-electron chi connectivity index (χ1n) is 7.54. The van der Waals surface area contributed by atoms with E-state index in [0.29, 0.717) is 23.6 Å². The molecule has 1 atom stereocenters. The highest BCUT2D eigenvalue weighted by atomic mass is 19.1. The third-order valence-electron chi connectivity index (χ3n) is 4.01. The van der Waals surface area contributed by atoms with Gasteiger partial charge in [-0.05, 0) is 18.6 Å². The average Bonchev–Trinajstić information content (AvgIpc) is 3.02. The third kappa shape index (κ3) is 3.03. The summed E-state index contributed by atoms with van der Waals surface area (Å²) in [5.74, 6) is 0.540. The summed E-state index contributed by atoms with van der Waals surface area (Å²) in [4.78, 5) is 11.3. The van der Waals surface area contributed by atoms with Crippen LogP contribution in [0.3, 0.4) is 0 Å². The molecule has 0 saturated heterocycles. The van der Waals surface area contributed by atoms with E-state index in [1.165, 1.54) is 26.6 Å². The Bertz CT molecular complexity index is 850. The maximum atomic E-state index is 14.3. The lowest BCUT2D eigenvalue weighted by Crippen LogP contribution is -2.19. The number of rotatable bonds is 6. The van der Waals surface area contributed by atoms with Crippen LogP contribution in [-0.4, -0.2) is 29.2 Å². The number of nitrogens with zero attached hydrogens (tertiary/aromatic N) is 2. The number of hydrogen-bond acceptors (Lipinski definition) is 5. The summed E-state index contributed by atoms with van der Waals surface area (Å²) in [7, 11) is 3.02. The zero-order valence-electron chi connectivity index (χ0n) is 13.8. The molecule has 2 aromatic heterocycles. The van der Waals surface area contributed by atoms with Gasteiger partial charge >= 0.3 is 0 Å². The average molecular weight is 330 g/mol. The Hall–Kier alpha value is -2.67. The lowest BCUT2D eigenvalue weighted by Gasteiger charge is -2.17. The molecular weight excluding hydrogens is 311 g/mol. The van der Waals surface area contributed by atoms with E-state index >= 15 is 0 Å². The molecule has 126 valence electrons. The van der Waals surface area contributed by atoms with Crippen molar-refractivity contribution in [2.45, 2.75) is 19.5 Å². The van der Waals surface area contributed by atoms with Crippen molar-refractivity contribution in [2.24, 2.45) is 0 Å². The number of aromatic amines is 1. The van der Waals surface area contributed by atoms with Crippen molar-refractivity contribution in [1.82, 2.24) is 20.3 Å². The molecule has 6 nitrogen and oxygen atoms in total. The van der Waals surface area contributed by atoms with Crippen LogP contribution in [0.4, 0.5) is 4.39 Å². The highest BCUT2D eigenvalue weighted by Crippen LogP contribution is 2.32. The summed E-state index contributed by atoms with van der Waals surface area (Å²) in [5.41, 5.74) is 2.33. The number of methoxy groups -OCH3 is 2. The minimum absolute atomic E-state index is 0.209. The van der Waals surface area contributed by atoms with Gasteiger partial charge in [0.15, 0.2) is 11.5 Å². The van der Waals surface area contributed by atoms with Gasteiger partial charge < -0.3 is 19.8 Å². The Kier molecular flexibility index (Phi) is 4.61. The van der Waals surface area contributed by atoms with Crippen molar-refractivity contribution in [3.05, 3.63) is 47.8 Å². The molecule has 0 aliphatic carbocycles. The standard InChI is InChI=1S/C17H19FN4O2/c1-10(12-4-15(23-2)16(24-3)5-14(12)18)20-6-11-7-21-17-13(11)8-19-9-22-17/h4-5,7-10,20H,6H2,1-3H3,(H,19,21,22). The molecule has 3 rings (SSSR count). The minimum Gasteiger partial charge on any atom is -0.493 e. The fourth-order valence-electron chi connectivity index (χ4n) is 2.63. The molecule has 1 aromatic carbocycles. The lowest BCUT2D eigenvalue weighted by atomic mass is 10.1. The fraction of sp³-hybridized carbons (Fsp3) is 0.294. The Morgan fingerprint density at radius 1 is 1.25 bits per heavy atom. The second-order valence-corrected chi connectivity index (χ2v) is 5.43. The smallest absolute Gasteiger partial charge is 0.163 e. The molecule has 3 aromatic rings. The zero-order valence-corrected chi connectivity index (χ0v) is 13.8. The van der Waals surface area contributed by atoms with Gasteiger partial charge in [0.2, 0.25) is 0 Å². The summed E-state index contributed by atoms with van der Waals surface area (Å²) in [6.07, 6.45) is 5.14. The first-order valence-corrected chi connectivity index (χ1v) is 7.54. The van der Waals surface area contributed by atoms with Crippen molar-refractivity contribution >= 4 is 11.0 Å². The van der Waals surface area contributed by atoms with Crippen molar-refractivity contribution in [3.63, 3.8) is 0 Å². The molecule has 0 fully saturated rings. The van der Waals surface area contributed by atoms with Crippen molar-refractivity contribution in [3.8, 4) is 11.5 Å². The van der Waals surface area contributed by atoms with Crippen LogP contribution in [-0.2, 0) is 6.54 Å². The van der Waals surface area contributed by atoms with Crippen molar-refractivity contribution in [2.75, 3.05) is 14.2 Å². The van der Waals surface area contributed by atoms with Gasteiger partial charge in [-0.15, -0.1) is 0 Å². The molecule has 7 heteroatoms. The normalized spacial score (nSPS) is 12.3. The summed E-state index contributed by atoms with van der Waals surface area (Å²) in [5, 5.41) is 4.26. The van der Waals surface area contributed by atoms with Crippen LogP contribution in [0.25, 0.3) is 11.0 Å². The van der Waals surface area contributed by atoms with Crippen LogP contribution in [0.15, 0.2) is 30.9 Å². The topological polar surface area (TPSA) is 72.1 Å². The fourth-order valence-corrected chi connectivity index (χ4v) is 2.63. The molecule has 2 heterocycles. The summed E-state index contributed by atoms with van der Waals surface area (Å²) in [6.45, 7) is 2.46. The maximum Gasteiger partial charge on any atom is 0.163 e. The number of ether oxygens (including phenoxy) is 2. The lowest BCUT2D eigenvalue weighted by molar-refractivity contribution is 0.350.